The Morgan fingerprint density at radius 2 is 1.90 bits per heavy atom. The van der Waals surface area contributed by atoms with E-state index in [9.17, 15) is 0 Å². The van der Waals surface area contributed by atoms with E-state index in [1.807, 2.05) is 0 Å². The third-order valence-corrected chi connectivity index (χ3v) is 6.84. The molecular formula is C18H27NS. The largest absolute Gasteiger partial charge is 0.316 e. The first-order valence-corrected chi connectivity index (χ1v) is 9.01. The summed E-state index contributed by atoms with van der Waals surface area (Å²) < 4.78 is 0. The van der Waals surface area contributed by atoms with Gasteiger partial charge in [0.2, 0.25) is 0 Å². The van der Waals surface area contributed by atoms with Crippen LogP contribution in [0.25, 0.3) is 0 Å². The summed E-state index contributed by atoms with van der Waals surface area (Å²) in [6.07, 6.45) is 2.72. The number of nitrogens with one attached hydrogen (secondary N) is 1. The zero-order chi connectivity index (χ0) is 14.2. The van der Waals surface area contributed by atoms with Crippen molar-refractivity contribution < 1.29 is 0 Å². The number of thioether (sulfide) groups is 1. The molecule has 2 heteroatoms. The van der Waals surface area contributed by atoms with Crippen LogP contribution in [0, 0.1) is 17.8 Å². The highest BCUT2D eigenvalue weighted by molar-refractivity contribution is 7.99. The van der Waals surface area contributed by atoms with Crippen LogP contribution < -0.4 is 5.32 Å². The van der Waals surface area contributed by atoms with Crippen LogP contribution in [0.3, 0.4) is 0 Å². The minimum Gasteiger partial charge on any atom is -0.316 e. The van der Waals surface area contributed by atoms with Crippen molar-refractivity contribution in [3.8, 4) is 0 Å². The summed E-state index contributed by atoms with van der Waals surface area (Å²) in [5.41, 5.74) is 3.90. The van der Waals surface area contributed by atoms with Crippen LogP contribution in [0.15, 0.2) is 24.3 Å². The van der Waals surface area contributed by atoms with Crippen molar-refractivity contribution in [1.82, 2.24) is 5.32 Å². The fraction of sp³-hybridized carbons (Fsp3) is 0.667. The second-order valence-corrected chi connectivity index (χ2v) is 8.60. The number of piperidine rings is 1. The Balaban J connectivity index is 1.92. The highest BCUT2D eigenvalue weighted by Crippen LogP contribution is 2.54. The van der Waals surface area contributed by atoms with E-state index in [0.29, 0.717) is 16.7 Å². The fourth-order valence-electron chi connectivity index (χ4n) is 4.21. The van der Waals surface area contributed by atoms with E-state index >= 15 is 0 Å². The molecule has 20 heavy (non-hydrogen) atoms. The molecule has 2 aliphatic heterocycles. The lowest BCUT2D eigenvalue weighted by Crippen LogP contribution is -2.49. The number of hydrogen-bond acceptors (Lipinski definition) is 2. The summed E-state index contributed by atoms with van der Waals surface area (Å²) in [5.74, 6) is 3.35. The molecular weight excluding hydrogens is 262 g/mol. The summed E-state index contributed by atoms with van der Waals surface area (Å²) in [5, 5.41) is 3.64. The van der Waals surface area contributed by atoms with E-state index in [4.69, 9.17) is 0 Å². The molecule has 0 saturated carbocycles. The van der Waals surface area contributed by atoms with E-state index in [0.717, 1.165) is 6.54 Å². The summed E-state index contributed by atoms with van der Waals surface area (Å²) in [6.45, 7) is 9.43. The molecule has 2 unspecified atom stereocenters. The van der Waals surface area contributed by atoms with Crippen LogP contribution in [0.1, 0.15) is 43.7 Å². The lowest BCUT2D eigenvalue weighted by Gasteiger charge is -2.51. The van der Waals surface area contributed by atoms with Crippen molar-refractivity contribution in [2.24, 2.45) is 10.8 Å². The molecule has 1 aromatic rings. The van der Waals surface area contributed by atoms with Crippen LogP contribution in [-0.2, 0) is 0 Å². The monoisotopic (exact) mass is 289 g/mol. The first-order chi connectivity index (χ1) is 9.51. The summed E-state index contributed by atoms with van der Waals surface area (Å²) in [6, 6.07) is 9.28. The second-order valence-electron chi connectivity index (χ2n) is 7.61. The number of benzene rings is 1. The van der Waals surface area contributed by atoms with Gasteiger partial charge in [-0.25, -0.2) is 0 Å². The average molecular weight is 289 g/mol. The van der Waals surface area contributed by atoms with Gasteiger partial charge in [-0.1, -0.05) is 43.7 Å². The molecule has 1 spiro atoms. The van der Waals surface area contributed by atoms with Crippen LogP contribution in [0.4, 0.5) is 0 Å². The molecule has 0 aromatic heterocycles. The molecule has 2 atom stereocenters. The Bertz CT molecular complexity index is 461. The van der Waals surface area contributed by atoms with Crippen molar-refractivity contribution >= 4 is 11.8 Å². The molecule has 0 aliphatic carbocycles. The van der Waals surface area contributed by atoms with Crippen LogP contribution in [0.2, 0.25) is 0 Å². The smallest absolute Gasteiger partial charge is 0.00285 e. The zero-order valence-corrected chi connectivity index (χ0v) is 13.9. The van der Waals surface area contributed by atoms with Gasteiger partial charge in [0.1, 0.15) is 0 Å². The molecule has 1 nitrogen and oxygen atoms in total. The van der Waals surface area contributed by atoms with E-state index < -0.39 is 0 Å². The third kappa shape index (κ3) is 2.78. The van der Waals surface area contributed by atoms with E-state index in [1.54, 1.807) is 5.56 Å². The van der Waals surface area contributed by atoms with Crippen LogP contribution in [-0.4, -0.2) is 24.6 Å². The maximum Gasteiger partial charge on any atom is 0.00285 e. The fourth-order valence-corrected chi connectivity index (χ4v) is 5.83. The minimum atomic E-state index is 0.489. The summed E-state index contributed by atoms with van der Waals surface area (Å²) in [4.78, 5) is 0. The van der Waals surface area contributed by atoms with Gasteiger partial charge in [0, 0.05) is 12.5 Å². The van der Waals surface area contributed by atoms with Crippen molar-refractivity contribution in [2.45, 2.75) is 39.5 Å². The van der Waals surface area contributed by atoms with Gasteiger partial charge in [-0.05, 0) is 54.2 Å². The molecule has 0 bridgehead atoms. The van der Waals surface area contributed by atoms with E-state index in [2.05, 4.69) is 62.1 Å². The van der Waals surface area contributed by atoms with Crippen LogP contribution >= 0.6 is 11.8 Å². The summed E-state index contributed by atoms with van der Waals surface area (Å²) >= 11 is 2.18. The first kappa shape index (κ1) is 14.5. The van der Waals surface area contributed by atoms with Gasteiger partial charge in [-0.2, -0.15) is 11.8 Å². The molecule has 0 radical (unpaired) electrons. The highest BCUT2D eigenvalue weighted by atomic mass is 32.2. The van der Waals surface area contributed by atoms with Gasteiger partial charge in [-0.3, -0.25) is 0 Å². The number of aryl methyl sites for hydroxylation is 1. The maximum atomic E-state index is 3.64. The molecule has 110 valence electrons. The second kappa shape index (κ2) is 5.38. The van der Waals surface area contributed by atoms with Crippen molar-refractivity contribution in [3.05, 3.63) is 35.4 Å². The zero-order valence-electron chi connectivity index (χ0n) is 13.0. The molecule has 2 saturated heterocycles. The van der Waals surface area contributed by atoms with E-state index in [1.165, 1.54) is 36.5 Å². The van der Waals surface area contributed by atoms with Gasteiger partial charge >= 0.3 is 0 Å². The molecule has 2 heterocycles. The van der Waals surface area contributed by atoms with Gasteiger partial charge < -0.3 is 5.32 Å². The normalized spacial score (nSPS) is 33.2. The first-order valence-electron chi connectivity index (χ1n) is 7.86. The standard InChI is InChI=1S/C18H27NS/c1-14-4-6-15(7-5-14)16-10-19-9-8-18(16)11-17(2,3)12-20-13-18/h4-7,16,19H,8-13H2,1-3H3. The molecule has 2 fully saturated rings. The Labute approximate surface area is 127 Å². The molecule has 2 aliphatic rings. The highest BCUT2D eigenvalue weighted by Gasteiger charge is 2.47. The van der Waals surface area contributed by atoms with E-state index in [-0.39, 0.29) is 0 Å². The number of hydrogen-bond donors (Lipinski definition) is 1. The SMILES string of the molecule is Cc1ccc(C2CNCCC23CSCC(C)(C)C3)cc1. The number of rotatable bonds is 1. The summed E-state index contributed by atoms with van der Waals surface area (Å²) in [7, 11) is 0. The van der Waals surface area contributed by atoms with Gasteiger partial charge in [-0.15, -0.1) is 0 Å². The molecule has 3 rings (SSSR count). The maximum absolute atomic E-state index is 3.64. The van der Waals surface area contributed by atoms with Gasteiger partial charge in [0.05, 0.1) is 0 Å². The minimum absolute atomic E-state index is 0.489. The Kier molecular flexibility index (Phi) is 3.89. The predicted molar refractivity (Wildman–Crippen MR) is 89.6 cm³/mol. The van der Waals surface area contributed by atoms with Gasteiger partial charge in [0.25, 0.3) is 0 Å². The molecule has 0 amide bonds. The molecule has 1 N–H and O–H groups in total. The molecule has 1 aromatic carbocycles. The third-order valence-electron chi connectivity index (χ3n) is 5.08. The van der Waals surface area contributed by atoms with Crippen molar-refractivity contribution in [3.63, 3.8) is 0 Å². The average Bonchev–Trinajstić information content (AvgIpc) is 2.39. The van der Waals surface area contributed by atoms with Crippen molar-refractivity contribution in [1.29, 1.82) is 0 Å². The van der Waals surface area contributed by atoms with Crippen molar-refractivity contribution in [2.75, 3.05) is 24.6 Å². The van der Waals surface area contributed by atoms with Gasteiger partial charge in [0.15, 0.2) is 0 Å². The lowest BCUT2D eigenvalue weighted by atomic mass is 9.62. The Morgan fingerprint density at radius 1 is 1.15 bits per heavy atom. The predicted octanol–water partition coefficient (Wildman–Crippen LogP) is 4.22. The Hall–Kier alpha value is -0.470. The lowest BCUT2D eigenvalue weighted by molar-refractivity contribution is 0.115. The topological polar surface area (TPSA) is 12.0 Å². The Morgan fingerprint density at radius 3 is 2.60 bits per heavy atom. The quantitative estimate of drug-likeness (QED) is 0.830. The van der Waals surface area contributed by atoms with Crippen LogP contribution in [0.5, 0.6) is 0 Å².